The minimum Gasteiger partial charge on any atom is -0.479 e. The van der Waals surface area contributed by atoms with Crippen LogP contribution in [0.4, 0.5) is 0 Å². The fourth-order valence-electron chi connectivity index (χ4n) is 0.707. The van der Waals surface area contributed by atoms with Crippen molar-refractivity contribution in [3.8, 4) is 5.88 Å². The molecule has 0 bridgehead atoms. The predicted octanol–water partition coefficient (Wildman–Crippen LogP) is 2.24. The zero-order valence-electron chi connectivity index (χ0n) is 7.20. The van der Waals surface area contributed by atoms with Gasteiger partial charge in [0.15, 0.2) is 6.10 Å². The van der Waals surface area contributed by atoms with Crippen molar-refractivity contribution in [1.29, 1.82) is 0 Å². The molecule has 0 radical (unpaired) electrons. The lowest BCUT2D eigenvalue weighted by molar-refractivity contribution is -0.144. The van der Waals surface area contributed by atoms with E-state index in [4.69, 9.17) is 33.0 Å². The first-order valence-corrected chi connectivity index (χ1v) is 4.47. The molecule has 0 fully saturated rings. The fourth-order valence-corrected chi connectivity index (χ4v) is 1.13. The molecule has 1 heterocycles. The van der Waals surface area contributed by atoms with Gasteiger partial charge >= 0.3 is 5.97 Å². The third-order valence-corrected chi connectivity index (χ3v) is 1.89. The molecular formula is C8H7Cl2NO3. The summed E-state index contributed by atoms with van der Waals surface area (Å²) >= 11 is 11.3. The molecule has 1 atom stereocenters. The number of halogens is 2. The number of nitrogens with zero attached hydrogens (tertiary/aromatic N) is 1. The number of carboxylic acid groups (broad SMARTS) is 1. The topological polar surface area (TPSA) is 59.4 Å². The Morgan fingerprint density at radius 2 is 2.29 bits per heavy atom. The van der Waals surface area contributed by atoms with Crippen LogP contribution < -0.4 is 4.74 Å². The number of rotatable bonds is 3. The van der Waals surface area contributed by atoms with E-state index in [1.807, 2.05) is 0 Å². The maximum absolute atomic E-state index is 10.5. The highest BCUT2D eigenvalue weighted by molar-refractivity contribution is 6.35. The van der Waals surface area contributed by atoms with Crippen molar-refractivity contribution < 1.29 is 14.6 Å². The van der Waals surface area contributed by atoms with E-state index in [2.05, 4.69) is 4.98 Å². The number of aromatic nitrogens is 1. The van der Waals surface area contributed by atoms with Crippen molar-refractivity contribution in [2.24, 2.45) is 0 Å². The van der Waals surface area contributed by atoms with Crippen molar-refractivity contribution in [1.82, 2.24) is 4.98 Å². The Hall–Kier alpha value is -1.00. The van der Waals surface area contributed by atoms with Gasteiger partial charge in [0.1, 0.15) is 5.02 Å². The van der Waals surface area contributed by atoms with Gasteiger partial charge < -0.3 is 9.84 Å². The molecule has 1 aromatic heterocycles. The van der Waals surface area contributed by atoms with Crippen LogP contribution in [0.15, 0.2) is 12.3 Å². The van der Waals surface area contributed by atoms with Crippen LogP contribution in [-0.4, -0.2) is 22.2 Å². The molecule has 0 spiro atoms. The number of carbonyl (C=O) groups is 1. The SMILES string of the molecule is CC(Oc1ncc(Cl)cc1Cl)C(=O)O. The Kier molecular flexibility index (Phi) is 3.55. The zero-order chi connectivity index (χ0) is 10.7. The molecule has 0 aromatic carbocycles. The van der Waals surface area contributed by atoms with Gasteiger partial charge in [0.25, 0.3) is 0 Å². The van der Waals surface area contributed by atoms with Gasteiger partial charge in [0, 0.05) is 6.20 Å². The molecule has 4 nitrogen and oxygen atoms in total. The number of aliphatic carboxylic acids is 1. The first kappa shape index (κ1) is 11.1. The van der Waals surface area contributed by atoms with Crippen LogP contribution in [0.2, 0.25) is 10.0 Å². The van der Waals surface area contributed by atoms with E-state index in [-0.39, 0.29) is 10.9 Å². The van der Waals surface area contributed by atoms with E-state index in [1.165, 1.54) is 19.2 Å². The first-order valence-electron chi connectivity index (χ1n) is 3.71. The molecule has 6 heteroatoms. The van der Waals surface area contributed by atoms with Crippen LogP contribution in [-0.2, 0) is 4.79 Å². The molecule has 0 aliphatic heterocycles. The lowest BCUT2D eigenvalue weighted by atomic mass is 10.4. The van der Waals surface area contributed by atoms with Crippen molar-refractivity contribution >= 4 is 29.2 Å². The predicted molar refractivity (Wildman–Crippen MR) is 52.0 cm³/mol. The Balaban J connectivity index is 2.82. The van der Waals surface area contributed by atoms with Gasteiger partial charge in [-0.05, 0) is 13.0 Å². The third-order valence-electron chi connectivity index (χ3n) is 1.41. The van der Waals surface area contributed by atoms with Crippen LogP contribution in [0, 0.1) is 0 Å². The highest BCUT2D eigenvalue weighted by Gasteiger charge is 2.15. The average Bonchev–Trinajstić information content (AvgIpc) is 2.09. The third kappa shape index (κ3) is 2.75. The molecule has 1 aromatic rings. The largest absolute Gasteiger partial charge is 0.479 e. The van der Waals surface area contributed by atoms with Gasteiger partial charge in [0.05, 0.1) is 5.02 Å². The second-order valence-corrected chi connectivity index (χ2v) is 3.38. The lowest BCUT2D eigenvalue weighted by Crippen LogP contribution is -2.23. The van der Waals surface area contributed by atoms with Crippen LogP contribution in [0.1, 0.15) is 6.92 Å². The van der Waals surface area contributed by atoms with E-state index in [1.54, 1.807) is 0 Å². The summed E-state index contributed by atoms with van der Waals surface area (Å²) < 4.78 is 4.96. The number of ether oxygens (including phenoxy) is 1. The summed E-state index contributed by atoms with van der Waals surface area (Å²) in [5.74, 6) is -1.02. The summed E-state index contributed by atoms with van der Waals surface area (Å²) in [5, 5.41) is 9.12. The van der Waals surface area contributed by atoms with Crippen molar-refractivity contribution in [3.05, 3.63) is 22.3 Å². The van der Waals surface area contributed by atoms with Gasteiger partial charge in [-0.2, -0.15) is 0 Å². The Morgan fingerprint density at radius 1 is 1.64 bits per heavy atom. The second-order valence-electron chi connectivity index (χ2n) is 2.54. The Morgan fingerprint density at radius 3 is 2.79 bits per heavy atom. The minimum absolute atomic E-state index is 0.0611. The molecule has 14 heavy (non-hydrogen) atoms. The monoisotopic (exact) mass is 235 g/mol. The normalized spacial score (nSPS) is 12.2. The van der Waals surface area contributed by atoms with Gasteiger partial charge in [-0.25, -0.2) is 9.78 Å². The molecule has 0 amide bonds. The molecule has 0 saturated heterocycles. The second kappa shape index (κ2) is 4.48. The van der Waals surface area contributed by atoms with Crippen LogP contribution in [0.5, 0.6) is 5.88 Å². The molecule has 1 rings (SSSR count). The van der Waals surface area contributed by atoms with E-state index < -0.39 is 12.1 Å². The molecule has 1 N–H and O–H groups in total. The maximum atomic E-state index is 10.5. The zero-order valence-corrected chi connectivity index (χ0v) is 8.71. The summed E-state index contributed by atoms with van der Waals surface area (Å²) in [6, 6.07) is 1.43. The van der Waals surface area contributed by atoms with E-state index in [9.17, 15) is 4.79 Å². The molecule has 1 unspecified atom stereocenters. The van der Waals surface area contributed by atoms with Gasteiger partial charge in [0.2, 0.25) is 5.88 Å². The lowest BCUT2D eigenvalue weighted by Gasteiger charge is -2.10. The number of hydrogen-bond donors (Lipinski definition) is 1. The highest BCUT2D eigenvalue weighted by atomic mass is 35.5. The number of pyridine rings is 1. The molecule has 76 valence electrons. The number of carboxylic acids is 1. The first-order chi connectivity index (χ1) is 6.50. The molecule has 0 aliphatic carbocycles. The van der Waals surface area contributed by atoms with Crippen molar-refractivity contribution in [2.45, 2.75) is 13.0 Å². The standard InChI is InChI=1S/C8H7Cl2NO3/c1-4(8(12)13)14-7-6(10)2-5(9)3-11-7/h2-4H,1H3,(H,12,13). The Bertz CT molecular complexity index is 356. The minimum atomic E-state index is -1.09. The quantitative estimate of drug-likeness (QED) is 0.874. The van der Waals surface area contributed by atoms with Gasteiger partial charge in [-0.3, -0.25) is 0 Å². The number of hydrogen-bond acceptors (Lipinski definition) is 3. The summed E-state index contributed by atoms with van der Waals surface area (Å²) in [7, 11) is 0. The van der Waals surface area contributed by atoms with Crippen LogP contribution >= 0.6 is 23.2 Å². The van der Waals surface area contributed by atoms with Gasteiger partial charge in [-0.1, -0.05) is 23.2 Å². The molecule has 0 aliphatic rings. The summed E-state index contributed by atoms with van der Waals surface area (Å²) in [5.41, 5.74) is 0. The summed E-state index contributed by atoms with van der Waals surface area (Å²) in [6.07, 6.45) is 0.332. The fraction of sp³-hybridized carbons (Fsp3) is 0.250. The van der Waals surface area contributed by atoms with E-state index >= 15 is 0 Å². The molecular weight excluding hydrogens is 229 g/mol. The van der Waals surface area contributed by atoms with Crippen molar-refractivity contribution in [3.63, 3.8) is 0 Å². The van der Waals surface area contributed by atoms with Crippen LogP contribution in [0.25, 0.3) is 0 Å². The average molecular weight is 236 g/mol. The van der Waals surface area contributed by atoms with E-state index in [0.29, 0.717) is 5.02 Å². The summed E-state index contributed by atoms with van der Waals surface area (Å²) in [4.78, 5) is 14.2. The van der Waals surface area contributed by atoms with E-state index in [0.717, 1.165) is 0 Å². The Labute approximate surface area is 90.4 Å². The van der Waals surface area contributed by atoms with Crippen LogP contribution in [0.3, 0.4) is 0 Å². The van der Waals surface area contributed by atoms with Crippen molar-refractivity contribution in [2.75, 3.05) is 0 Å². The smallest absolute Gasteiger partial charge is 0.344 e. The highest BCUT2D eigenvalue weighted by Crippen LogP contribution is 2.25. The maximum Gasteiger partial charge on any atom is 0.344 e. The van der Waals surface area contributed by atoms with Gasteiger partial charge in [-0.15, -0.1) is 0 Å². The summed E-state index contributed by atoms with van der Waals surface area (Å²) in [6.45, 7) is 1.38. The molecule has 0 saturated carbocycles.